The number of benzene rings is 2. The molecule has 0 saturated heterocycles. The van der Waals surface area contributed by atoms with Gasteiger partial charge in [0.05, 0.1) is 6.61 Å². The second-order valence-electron chi connectivity index (χ2n) is 5.55. The van der Waals surface area contributed by atoms with Gasteiger partial charge in [-0.25, -0.2) is 0 Å². The Bertz CT molecular complexity index is 739. The maximum Gasteiger partial charge on any atom is 0.276 e. The van der Waals surface area contributed by atoms with E-state index in [1.807, 2.05) is 32.9 Å². The molecule has 0 bridgehead atoms. The van der Waals surface area contributed by atoms with Crippen LogP contribution >= 0.6 is 0 Å². The first-order valence-corrected chi connectivity index (χ1v) is 8.01. The van der Waals surface area contributed by atoms with E-state index in [1.54, 1.807) is 30.3 Å². The van der Waals surface area contributed by atoms with Crippen LogP contribution in [0.15, 0.2) is 42.5 Å². The number of carbonyl (C=O) groups is 2. The van der Waals surface area contributed by atoms with Crippen molar-refractivity contribution >= 4 is 11.8 Å². The summed E-state index contributed by atoms with van der Waals surface area (Å²) >= 11 is 0. The minimum atomic E-state index is -0.468. The first-order chi connectivity index (χ1) is 12.0. The van der Waals surface area contributed by atoms with E-state index in [0.717, 1.165) is 11.1 Å². The Morgan fingerprint density at radius 1 is 0.920 bits per heavy atom. The van der Waals surface area contributed by atoms with Crippen molar-refractivity contribution < 1.29 is 19.1 Å². The molecule has 0 unspecified atom stereocenters. The Kier molecular flexibility index (Phi) is 6.39. The third-order valence-electron chi connectivity index (χ3n) is 3.31. The Morgan fingerprint density at radius 3 is 2.12 bits per heavy atom. The van der Waals surface area contributed by atoms with E-state index in [2.05, 4.69) is 10.9 Å². The Labute approximate surface area is 147 Å². The zero-order chi connectivity index (χ0) is 18.2. The van der Waals surface area contributed by atoms with Crippen molar-refractivity contribution in [3.8, 4) is 11.5 Å². The number of rotatable bonds is 6. The standard InChI is InChI=1S/C19H22N2O4/c1-4-24-16-7-5-6-8-17(16)25-12-18(22)20-21-19(23)15-10-13(2)9-14(3)11-15/h5-11H,4,12H2,1-3H3,(H,20,22)(H,21,23). The van der Waals surface area contributed by atoms with E-state index in [-0.39, 0.29) is 12.5 Å². The highest BCUT2D eigenvalue weighted by molar-refractivity contribution is 5.95. The highest BCUT2D eigenvalue weighted by atomic mass is 16.5. The molecule has 0 atom stereocenters. The van der Waals surface area contributed by atoms with Crippen LogP contribution in [-0.4, -0.2) is 25.0 Å². The van der Waals surface area contributed by atoms with Gasteiger partial charge in [0, 0.05) is 5.56 Å². The molecule has 0 fully saturated rings. The number of ether oxygens (including phenoxy) is 2. The summed E-state index contributed by atoms with van der Waals surface area (Å²) in [5.74, 6) is 0.191. The lowest BCUT2D eigenvalue weighted by Crippen LogP contribution is -2.43. The lowest BCUT2D eigenvalue weighted by molar-refractivity contribution is -0.123. The Hall–Kier alpha value is -3.02. The van der Waals surface area contributed by atoms with Gasteiger partial charge in [0.2, 0.25) is 0 Å². The van der Waals surface area contributed by atoms with Crippen LogP contribution in [0, 0.1) is 13.8 Å². The molecule has 25 heavy (non-hydrogen) atoms. The third-order valence-corrected chi connectivity index (χ3v) is 3.31. The van der Waals surface area contributed by atoms with Crippen molar-refractivity contribution in [3.63, 3.8) is 0 Å². The first kappa shape index (κ1) is 18.3. The number of aryl methyl sites for hydroxylation is 2. The summed E-state index contributed by atoms with van der Waals surface area (Å²) in [4.78, 5) is 23.9. The lowest BCUT2D eigenvalue weighted by atomic mass is 10.1. The maximum atomic E-state index is 12.1. The van der Waals surface area contributed by atoms with Crippen LogP contribution in [0.25, 0.3) is 0 Å². The normalized spacial score (nSPS) is 10.0. The fraction of sp³-hybridized carbons (Fsp3) is 0.263. The topological polar surface area (TPSA) is 76.7 Å². The van der Waals surface area contributed by atoms with Crippen molar-refractivity contribution in [2.24, 2.45) is 0 Å². The molecule has 2 N–H and O–H groups in total. The van der Waals surface area contributed by atoms with Crippen molar-refractivity contribution in [3.05, 3.63) is 59.2 Å². The van der Waals surface area contributed by atoms with E-state index >= 15 is 0 Å². The van der Waals surface area contributed by atoms with E-state index in [1.165, 1.54) is 0 Å². The van der Waals surface area contributed by atoms with Gasteiger partial charge in [0.1, 0.15) is 0 Å². The number of hydrogen-bond acceptors (Lipinski definition) is 4. The highest BCUT2D eigenvalue weighted by Crippen LogP contribution is 2.26. The molecule has 132 valence electrons. The quantitative estimate of drug-likeness (QED) is 0.791. The fourth-order valence-electron chi connectivity index (χ4n) is 2.33. The first-order valence-electron chi connectivity index (χ1n) is 8.01. The van der Waals surface area contributed by atoms with Gasteiger partial charge in [-0.1, -0.05) is 29.3 Å². The minimum Gasteiger partial charge on any atom is -0.490 e. The molecule has 0 aromatic heterocycles. The second kappa shape index (κ2) is 8.73. The van der Waals surface area contributed by atoms with Gasteiger partial charge in [-0.15, -0.1) is 0 Å². The largest absolute Gasteiger partial charge is 0.490 e. The average Bonchev–Trinajstić information content (AvgIpc) is 2.58. The van der Waals surface area contributed by atoms with Gasteiger partial charge in [-0.3, -0.25) is 20.4 Å². The molecular weight excluding hydrogens is 320 g/mol. The molecular formula is C19H22N2O4. The van der Waals surface area contributed by atoms with Crippen molar-refractivity contribution in [2.75, 3.05) is 13.2 Å². The molecule has 2 rings (SSSR count). The zero-order valence-corrected chi connectivity index (χ0v) is 14.6. The van der Waals surface area contributed by atoms with Crippen LogP contribution in [0.3, 0.4) is 0 Å². The SMILES string of the molecule is CCOc1ccccc1OCC(=O)NNC(=O)c1cc(C)cc(C)c1. The van der Waals surface area contributed by atoms with Crippen LogP contribution in [0.1, 0.15) is 28.4 Å². The summed E-state index contributed by atoms with van der Waals surface area (Å²) in [6, 6.07) is 12.6. The van der Waals surface area contributed by atoms with Crippen LogP contribution in [0.4, 0.5) is 0 Å². The molecule has 0 aliphatic heterocycles. The van der Waals surface area contributed by atoms with E-state index in [0.29, 0.717) is 23.7 Å². The summed E-state index contributed by atoms with van der Waals surface area (Å²) in [7, 11) is 0. The summed E-state index contributed by atoms with van der Waals surface area (Å²) in [5, 5.41) is 0. The molecule has 0 saturated carbocycles. The van der Waals surface area contributed by atoms with Crippen LogP contribution in [0.5, 0.6) is 11.5 Å². The highest BCUT2D eigenvalue weighted by Gasteiger charge is 2.10. The minimum absolute atomic E-state index is 0.239. The van der Waals surface area contributed by atoms with Gasteiger partial charge in [0.25, 0.3) is 11.8 Å². The van der Waals surface area contributed by atoms with Gasteiger partial charge < -0.3 is 9.47 Å². The summed E-state index contributed by atoms with van der Waals surface area (Å²) in [6.07, 6.45) is 0. The summed E-state index contributed by atoms with van der Waals surface area (Å²) < 4.78 is 10.9. The summed E-state index contributed by atoms with van der Waals surface area (Å²) in [6.45, 7) is 5.94. The van der Waals surface area contributed by atoms with E-state index < -0.39 is 5.91 Å². The number of hydrogen-bond donors (Lipinski definition) is 2. The number of hydrazine groups is 1. The molecule has 6 nitrogen and oxygen atoms in total. The predicted octanol–water partition coefficient (Wildman–Crippen LogP) is 2.54. The maximum absolute atomic E-state index is 12.1. The van der Waals surface area contributed by atoms with Gasteiger partial charge >= 0.3 is 0 Å². The molecule has 2 amide bonds. The van der Waals surface area contributed by atoms with Crippen molar-refractivity contribution in [1.82, 2.24) is 10.9 Å². The monoisotopic (exact) mass is 342 g/mol. The molecule has 2 aromatic carbocycles. The number of amides is 2. The number of para-hydroxylation sites is 2. The molecule has 6 heteroatoms. The average molecular weight is 342 g/mol. The molecule has 0 radical (unpaired) electrons. The lowest BCUT2D eigenvalue weighted by Gasteiger charge is -2.12. The van der Waals surface area contributed by atoms with Crippen molar-refractivity contribution in [2.45, 2.75) is 20.8 Å². The van der Waals surface area contributed by atoms with Crippen LogP contribution in [0.2, 0.25) is 0 Å². The molecule has 2 aromatic rings. The van der Waals surface area contributed by atoms with Crippen LogP contribution in [-0.2, 0) is 4.79 Å². The molecule has 0 spiro atoms. The summed E-state index contributed by atoms with van der Waals surface area (Å²) in [5.41, 5.74) is 7.16. The van der Waals surface area contributed by atoms with E-state index in [4.69, 9.17) is 9.47 Å². The number of carbonyl (C=O) groups excluding carboxylic acids is 2. The van der Waals surface area contributed by atoms with E-state index in [9.17, 15) is 9.59 Å². The third kappa shape index (κ3) is 5.53. The molecule has 0 heterocycles. The van der Waals surface area contributed by atoms with Crippen LogP contribution < -0.4 is 20.3 Å². The zero-order valence-electron chi connectivity index (χ0n) is 14.6. The Morgan fingerprint density at radius 2 is 1.52 bits per heavy atom. The fourth-order valence-corrected chi connectivity index (χ4v) is 2.33. The second-order valence-corrected chi connectivity index (χ2v) is 5.55. The molecule has 0 aliphatic carbocycles. The Balaban J connectivity index is 1.85. The van der Waals surface area contributed by atoms with Gasteiger partial charge in [-0.05, 0) is 45.0 Å². The molecule has 0 aliphatic rings. The number of nitrogens with one attached hydrogen (secondary N) is 2. The van der Waals surface area contributed by atoms with Gasteiger partial charge in [-0.2, -0.15) is 0 Å². The van der Waals surface area contributed by atoms with Crippen molar-refractivity contribution in [1.29, 1.82) is 0 Å². The predicted molar refractivity (Wildman–Crippen MR) is 94.6 cm³/mol. The smallest absolute Gasteiger partial charge is 0.276 e. The van der Waals surface area contributed by atoms with Gasteiger partial charge in [0.15, 0.2) is 18.1 Å².